The number of hydrogen-bond acceptors (Lipinski definition) is 5. The average Bonchev–Trinajstić information content (AvgIpc) is 2.85. The molecule has 0 atom stereocenters. The highest BCUT2D eigenvalue weighted by Gasteiger charge is 2.21. The molecule has 0 spiro atoms. The molecule has 0 aliphatic carbocycles. The molecule has 0 aliphatic rings. The van der Waals surface area contributed by atoms with Gasteiger partial charge in [-0.15, -0.1) is 0 Å². The Morgan fingerprint density at radius 1 is 1.08 bits per heavy atom. The molecule has 1 amide bonds. The summed E-state index contributed by atoms with van der Waals surface area (Å²) in [6.07, 6.45) is 0. The number of nitrogens with zero attached hydrogens (tertiary/aromatic N) is 1. The minimum Gasteiger partial charge on any atom is -0.483 e. The van der Waals surface area contributed by atoms with Gasteiger partial charge < -0.3 is 10.1 Å². The van der Waals surface area contributed by atoms with Crippen LogP contribution in [0.4, 0.5) is 5.69 Å². The first kappa shape index (κ1) is 28.8. The third-order valence-electron chi connectivity index (χ3n) is 5.59. The van der Waals surface area contributed by atoms with Gasteiger partial charge in [-0.2, -0.15) is 4.31 Å². The highest BCUT2D eigenvalue weighted by molar-refractivity contribution is 9.10. The van der Waals surface area contributed by atoms with Crippen molar-refractivity contribution in [1.29, 1.82) is 0 Å². The van der Waals surface area contributed by atoms with Crippen LogP contribution in [0.15, 0.2) is 76.1 Å². The first-order chi connectivity index (χ1) is 17.5. The quantitative estimate of drug-likeness (QED) is 0.310. The zero-order chi connectivity index (χ0) is 27.2. The molecule has 0 unspecified atom stereocenters. The van der Waals surface area contributed by atoms with Gasteiger partial charge in [0.25, 0.3) is 5.91 Å². The number of carbonyl (C=O) groups excluding carboxylic acids is 1. The Labute approximate surface area is 232 Å². The molecule has 3 rings (SSSR count). The maximum atomic E-state index is 12.9. The summed E-state index contributed by atoms with van der Waals surface area (Å²) in [5, 5.41) is 5.56. The van der Waals surface area contributed by atoms with Gasteiger partial charge in [0.1, 0.15) is 5.75 Å². The van der Waals surface area contributed by atoms with Gasteiger partial charge in [0, 0.05) is 23.8 Å². The van der Waals surface area contributed by atoms with Gasteiger partial charge in [-0.25, -0.2) is 8.42 Å². The Kier molecular flexibility index (Phi) is 9.83. The number of sulfonamides is 1. The van der Waals surface area contributed by atoms with Crippen LogP contribution in [0.2, 0.25) is 0 Å². The van der Waals surface area contributed by atoms with Gasteiger partial charge in [0.2, 0.25) is 10.0 Å². The number of aryl methyl sites for hydroxylation is 1. The third-order valence-corrected chi connectivity index (χ3v) is 8.47. The summed E-state index contributed by atoms with van der Waals surface area (Å²) in [6, 6.07) is 19.5. The Bertz CT molecular complexity index is 1360. The largest absolute Gasteiger partial charge is 0.483 e. The molecule has 0 fully saturated rings. The number of halogens is 1. The fourth-order valence-electron chi connectivity index (χ4n) is 3.53. The van der Waals surface area contributed by atoms with Crippen molar-refractivity contribution in [2.24, 2.45) is 0 Å². The van der Waals surface area contributed by atoms with E-state index in [1.54, 1.807) is 19.2 Å². The molecule has 7 nitrogen and oxygen atoms in total. The van der Waals surface area contributed by atoms with Crippen LogP contribution in [0.5, 0.6) is 5.75 Å². The first-order valence-corrected chi connectivity index (χ1v) is 14.3. The van der Waals surface area contributed by atoms with E-state index in [1.807, 2.05) is 49.4 Å². The zero-order valence-corrected chi connectivity index (χ0v) is 24.3. The van der Waals surface area contributed by atoms with Crippen molar-refractivity contribution >= 4 is 54.9 Å². The topological polar surface area (TPSA) is 87.7 Å². The van der Waals surface area contributed by atoms with Gasteiger partial charge in [-0.05, 0) is 78.1 Å². The van der Waals surface area contributed by atoms with Crippen molar-refractivity contribution in [2.75, 3.05) is 19.0 Å². The molecule has 0 aliphatic heterocycles. The minimum atomic E-state index is -3.67. The lowest BCUT2D eigenvalue weighted by atomic mass is 10.0. The first-order valence-electron chi connectivity index (χ1n) is 11.6. The van der Waals surface area contributed by atoms with Crippen molar-refractivity contribution in [3.63, 3.8) is 0 Å². The van der Waals surface area contributed by atoms with E-state index in [1.165, 1.54) is 16.4 Å². The highest BCUT2D eigenvalue weighted by Crippen LogP contribution is 2.32. The number of thiocarbonyl (C=S) groups is 1. The molecule has 0 saturated heterocycles. The normalized spacial score (nSPS) is 11.4. The highest BCUT2D eigenvalue weighted by atomic mass is 79.9. The Balaban J connectivity index is 1.55. The lowest BCUT2D eigenvalue weighted by Crippen LogP contribution is -2.37. The van der Waals surface area contributed by atoms with Gasteiger partial charge in [0.15, 0.2) is 11.7 Å². The fourth-order valence-corrected chi connectivity index (χ4v) is 5.28. The van der Waals surface area contributed by atoms with E-state index in [9.17, 15) is 13.2 Å². The van der Waals surface area contributed by atoms with Crippen LogP contribution in [-0.2, 0) is 21.4 Å². The van der Waals surface area contributed by atoms with E-state index in [0.29, 0.717) is 11.4 Å². The van der Waals surface area contributed by atoms with E-state index < -0.39 is 15.9 Å². The summed E-state index contributed by atoms with van der Waals surface area (Å²) >= 11 is 8.77. The van der Waals surface area contributed by atoms with Crippen molar-refractivity contribution in [3.8, 4) is 5.75 Å². The van der Waals surface area contributed by atoms with Crippen LogP contribution >= 0.6 is 28.1 Å². The predicted octanol–water partition coefficient (Wildman–Crippen LogP) is 5.59. The molecular formula is C27H30BrN3O4S2. The van der Waals surface area contributed by atoms with Crippen LogP contribution in [0.1, 0.15) is 36.5 Å². The van der Waals surface area contributed by atoms with Crippen LogP contribution in [0.25, 0.3) is 0 Å². The van der Waals surface area contributed by atoms with Crippen LogP contribution in [-0.4, -0.2) is 37.4 Å². The number of carbonyl (C=O) groups is 1. The Morgan fingerprint density at radius 3 is 2.35 bits per heavy atom. The summed E-state index contributed by atoms with van der Waals surface area (Å²) in [6.45, 7) is 6.13. The van der Waals surface area contributed by atoms with Gasteiger partial charge >= 0.3 is 0 Å². The molecule has 0 radical (unpaired) electrons. The monoisotopic (exact) mass is 603 g/mol. The molecule has 37 heavy (non-hydrogen) atoms. The van der Waals surface area contributed by atoms with Crippen molar-refractivity contribution < 1.29 is 17.9 Å². The van der Waals surface area contributed by atoms with E-state index in [2.05, 4.69) is 40.4 Å². The number of nitrogens with one attached hydrogen (secondary N) is 2. The number of rotatable bonds is 9. The zero-order valence-electron chi connectivity index (χ0n) is 21.1. The lowest BCUT2D eigenvalue weighted by Gasteiger charge is -2.18. The van der Waals surface area contributed by atoms with Crippen LogP contribution in [0, 0.1) is 6.92 Å². The molecular weight excluding hydrogens is 574 g/mol. The second-order valence-corrected chi connectivity index (χ2v) is 12.2. The summed E-state index contributed by atoms with van der Waals surface area (Å²) in [4.78, 5) is 12.6. The third kappa shape index (κ3) is 7.85. The maximum absolute atomic E-state index is 12.9. The number of anilines is 1. The number of amides is 1. The standard InChI is InChI=1S/C27H30BrN3O4S2/c1-18(2)23-15-24(28)19(3)14-25(23)35-17-26(32)30-27(36)29-21-10-12-22(13-11-21)37(33,34)31(4)16-20-8-6-5-7-9-20/h5-15,18H,16-17H2,1-4H3,(H2,29,30,32,36). The Hall–Kier alpha value is -2.79. The van der Waals surface area contributed by atoms with E-state index in [-0.39, 0.29) is 29.1 Å². The lowest BCUT2D eigenvalue weighted by molar-refractivity contribution is -0.121. The molecule has 10 heteroatoms. The van der Waals surface area contributed by atoms with E-state index in [0.717, 1.165) is 21.2 Å². The van der Waals surface area contributed by atoms with Crippen LogP contribution < -0.4 is 15.4 Å². The molecule has 0 saturated carbocycles. The fraction of sp³-hybridized carbons (Fsp3) is 0.259. The average molecular weight is 605 g/mol. The van der Waals surface area contributed by atoms with Gasteiger partial charge in [-0.3, -0.25) is 10.1 Å². The number of ether oxygens (including phenoxy) is 1. The predicted molar refractivity (Wildman–Crippen MR) is 154 cm³/mol. The van der Waals surface area contributed by atoms with Crippen molar-refractivity contribution in [1.82, 2.24) is 9.62 Å². The van der Waals surface area contributed by atoms with Gasteiger partial charge in [-0.1, -0.05) is 60.1 Å². The van der Waals surface area contributed by atoms with Crippen LogP contribution in [0.3, 0.4) is 0 Å². The molecule has 3 aromatic carbocycles. The van der Waals surface area contributed by atoms with E-state index in [4.69, 9.17) is 17.0 Å². The molecule has 2 N–H and O–H groups in total. The molecule has 0 bridgehead atoms. The number of benzene rings is 3. The number of hydrogen-bond donors (Lipinski definition) is 2. The molecule has 0 aromatic heterocycles. The second kappa shape index (κ2) is 12.6. The van der Waals surface area contributed by atoms with Gasteiger partial charge in [0.05, 0.1) is 4.90 Å². The summed E-state index contributed by atoms with van der Waals surface area (Å²) in [7, 11) is -2.12. The Morgan fingerprint density at radius 2 is 1.73 bits per heavy atom. The molecule has 3 aromatic rings. The second-order valence-electron chi connectivity index (χ2n) is 8.86. The molecule has 196 valence electrons. The van der Waals surface area contributed by atoms with Crippen molar-refractivity contribution in [2.45, 2.75) is 38.1 Å². The molecule has 0 heterocycles. The summed E-state index contributed by atoms with van der Waals surface area (Å²) < 4.78 is 33.9. The van der Waals surface area contributed by atoms with Crippen molar-refractivity contribution in [3.05, 3.63) is 87.9 Å². The SMILES string of the molecule is Cc1cc(OCC(=O)NC(=S)Nc2ccc(S(=O)(=O)N(C)Cc3ccccc3)cc2)c(C(C)C)cc1Br. The summed E-state index contributed by atoms with van der Waals surface area (Å²) in [5.74, 6) is 0.468. The summed E-state index contributed by atoms with van der Waals surface area (Å²) in [5.41, 5.74) is 3.44. The smallest absolute Gasteiger partial charge is 0.264 e. The maximum Gasteiger partial charge on any atom is 0.264 e. The van der Waals surface area contributed by atoms with E-state index >= 15 is 0 Å². The minimum absolute atomic E-state index is 0.0847.